The summed E-state index contributed by atoms with van der Waals surface area (Å²) in [6, 6.07) is 13.4. The monoisotopic (exact) mass is 198 g/mol. The van der Waals surface area contributed by atoms with Crippen LogP contribution in [-0.4, -0.2) is 4.57 Å². The fourth-order valence-corrected chi connectivity index (χ4v) is 2.17. The van der Waals surface area contributed by atoms with Crippen molar-refractivity contribution in [2.24, 2.45) is 7.05 Å². The van der Waals surface area contributed by atoms with Crippen LogP contribution >= 0.6 is 0 Å². The summed E-state index contributed by atoms with van der Waals surface area (Å²) in [7, 11) is 2.00. The summed E-state index contributed by atoms with van der Waals surface area (Å²) in [5.74, 6) is 0. The van der Waals surface area contributed by atoms with E-state index in [0.717, 1.165) is 21.8 Å². The Balaban J connectivity index is 2.44. The highest BCUT2D eigenvalue weighted by molar-refractivity contribution is 6.08. The highest BCUT2D eigenvalue weighted by Gasteiger charge is 2.06. The van der Waals surface area contributed by atoms with E-state index in [2.05, 4.69) is 4.57 Å². The van der Waals surface area contributed by atoms with E-state index in [1.54, 1.807) is 12.1 Å². The molecule has 0 N–H and O–H groups in total. The first-order valence-electron chi connectivity index (χ1n) is 6.46. The first-order chi connectivity index (χ1) is 8.48. The first kappa shape index (κ1) is 5.96. The van der Waals surface area contributed by atoms with Gasteiger partial charge in [-0.25, -0.2) is 0 Å². The Morgan fingerprint density at radius 3 is 2.67 bits per heavy atom. The van der Waals surface area contributed by atoms with Crippen molar-refractivity contribution in [2.45, 2.75) is 6.85 Å². The molecule has 3 aromatic rings. The van der Waals surface area contributed by atoms with Gasteiger partial charge >= 0.3 is 0 Å². The Labute approximate surface area is 93.2 Å². The standard InChI is InChI=1S/C14H13N/c1-10-7-8-14-12(9-10)11-5-3-4-6-13(11)15(14)2/h3-9H,1-2H3/i1D3. The van der Waals surface area contributed by atoms with Gasteiger partial charge < -0.3 is 4.57 Å². The van der Waals surface area contributed by atoms with Crippen molar-refractivity contribution in [3.8, 4) is 0 Å². The summed E-state index contributed by atoms with van der Waals surface area (Å²) >= 11 is 0. The quantitative estimate of drug-likeness (QED) is 0.519. The molecule has 0 spiro atoms. The van der Waals surface area contributed by atoms with Crippen LogP contribution in [0.3, 0.4) is 0 Å². The normalized spacial score (nSPS) is 15.1. The topological polar surface area (TPSA) is 4.93 Å². The average molecular weight is 198 g/mol. The summed E-state index contributed by atoms with van der Waals surface area (Å²) in [6.07, 6.45) is 0. The third kappa shape index (κ3) is 1.09. The number of benzene rings is 2. The fraction of sp³-hybridized carbons (Fsp3) is 0.143. The lowest BCUT2D eigenvalue weighted by atomic mass is 10.1. The van der Waals surface area contributed by atoms with Crippen LogP contribution in [0.2, 0.25) is 0 Å². The Morgan fingerprint density at radius 1 is 1.00 bits per heavy atom. The molecule has 0 saturated heterocycles. The molecule has 1 heteroatoms. The molecule has 0 bridgehead atoms. The molecule has 1 nitrogen and oxygen atoms in total. The molecule has 3 rings (SSSR count). The molecule has 0 atom stereocenters. The van der Waals surface area contributed by atoms with Crippen LogP contribution in [0.4, 0.5) is 0 Å². The van der Waals surface area contributed by atoms with E-state index in [1.165, 1.54) is 0 Å². The molecule has 0 unspecified atom stereocenters. The number of aryl methyl sites for hydroxylation is 2. The lowest BCUT2D eigenvalue weighted by molar-refractivity contribution is 1.01. The molecule has 0 saturated carbocycles. The molecular weight excluding hydrogens is 182 g/mol. The van der Waals surface area contributed by atoms with Gasteiger partial charge in [-0.2, -0.15) is 0 Å². The molecule has 0 aliphatic rings. The van der Waals surface area contributed by atoms with Gasteiger partial charge in [0.2, 0.25) is 0 Å². The highest BCUT2D eigenvalue weighted by Crippen LogP contribution is 2.28. The summed E-state index contributed by atoms with van der Waals surface area (Å²) in [4.78, 5) is 0. The Hall–Kier alpha value is -1.76. The van der Waals surface area contributed by atoms with Crippen molar-refractivity contribution in [2.75, 3.05) is 0 Å². The van der Waals surface area contributed by atoms with E-state index in [1.807, 2.05) is 37.4 Å². The van der Waals surface area contributed by atoms with Gasteiger partial charge in [-0.1, -0.05) is 29.8 Å². The van der Waals surface area contributed by atoms with Gasteiger partial charge in [-0.05, 0) is 25.1 Å². The van der Waals surface area contributed by atoms with Crippen LogP contribution in [0.25, 0.3) is 21.8 Å². The molecule has 15 heavy (non-hydrogen) atoms. The summed E-state index contributed by atoms with van der Waals surface area (Å²) in [5, 5.41) is 2.10. The predicted molar refractivity (Wildman–Crippen MR) is 65.2 cm³/mol. The highest BCUT2D eigenvalue weighted by atomic mass is 14.9. The second-order valence-electron chi connectivity index (χ2n) is 3.81. The van der Waals surface area contributed by atoms with Crippen molar-refractivity contribution in [3.05, 3.63) is 48.0 Å². The summed E-state index contributed by atoms with van der Waals surface area (Å²) in [5.41, 5.74) is 2.57. The number of fused-ring (bicyclic) bond motifs is 3. The molecule has 0 aliphatic heterocycles. The summed E-state index contributed by atoms with van der Waals surface area (Å²) in [6.45, 7) is -2.05. The van der Waals surface area contributed by atoms with Gasteiger partial charge in [0.15, 0.2) is 0 Å². The maximum absolute atomic E-state index is 7.49. The molecule has 0 radical (unpaired) electrons. The largest absolute Gasteiger partial charge is 0.344 e. The van der Waals surface area contributed by atoms with Crippen LogP contribution in [0.1, 0.15) is 9.68 Å². The van der Waals surface area contributed by atoms with E-state index in [-0.39, 0.29) is 0 Å². The maximum atomic E-state index is 7.49. The molecule has 2 aromatic carbocycles. The van der Waals surface area contributed by atoms with Crippen LogP contribution in [0.15, 0.2) is 42.5 Å². The van der Waals surface area contributed by atoms with Crippen LogP contribution in [0.5, 0.6) is 0 Å². The van der Waals surface area contributed by atoms with Gasteiger partial charge in [0.1, 0.15) is 0 Å². The minimum atomic E-state index is -2.05. The number of rotatable bonds is 0. The van der Waals surface area contributed by atoms with Gasteiger partial charge in [0.05, 0.1) is 0 Å². The molecule has 0 aliphatic carbocycles. The Bertz CT molecular complexity index is 738. The van der Waals surface area contributed by atoms with Gasteiger partial charge in [0.25, 0.3) is 0 Å². The maximum Gasteiger partial charge on any atom is 0.0488 e. The number of aromatic nitrogens is 1. The zero-order chi connectivity index (χ0) is 12.9. The first-order valence-corrected chi connectivity index (χ1v) is 4.96. The zero-order valence-corrected chi connectivity index (χ0v) is 8.49. The van der Waals surface area contributed by atoms with Crippen LogP contribution in [0, 0.1) is 6.85 Å². The molecular formula is C14H13N. The minimum absolute atomic E-state index is 0.395. The smallest absolute Gasteiger partial charge is 0.0488 e. The van der Waals surface area contributed by atoms with Gasteiger partial charge in [-0.15, -0.1) is 0 Å². The third-order valence-corrected chi connectivity index (χ3v) is 2.91. The van der Waals surface area contributed by atoms with E-state index >= 15 is 0 Å². The van der Waals surface area contributed by atoms with Crippen LogP contribution < -0.4 is 0 Å². The minimum Gasteiger partial charge on any atom is -0.344 e. The molecule has 0 amide bonds. The number of para-hydroxylation sites is 1. The van der Waals surface area contributed by atoms with Crippen molar-refractivity contribution in [3.63, 3.8) is 0 Å². The molecule has 1 heterocycles. The second kappa shape index (κ2) is 2.86. The van der Waals surface area contributed by atoms with E-state index in [0.29, 0.717) is 5.56 Å². The number of nitrogens with zero attached hydrogens (tertiary/aromatic N) is 1. The Morgan fingerprint density at radius 2 is 1.80 bits per heavy atom. The van der Waals surface area contributed by atoms with E-state index in [4.69, 9.17) is 4.11 Å². The Kier molecular flexibility index (Phi) is 1.14. The van der Waals surface area contributed by atoms with Gasteiger partial charge in [0, 0.05) is 33.0 Å². The molecule has 74 valence electrons. The van der Waals surface area contributed by atoms with Crippen molar-refractivity contribution >= 4 is 21.8 Å². The number of hydrogen-bond acceptors (Lipinski definition) is 0. The molecule has 0 fully saturated rings. The third-order valence-electron chi connectivity index (χ3n) is 2.91. The number of hydrogen-bond donors (Lipinski definition) is 0. The van der Waals surface area contributed by atoms with Crippen LogP contribution in [-0.2, 0) is 7.05 Å². The average Bonchev–Trinajstić information content (AvgIpc) is 2.63. The molecule has 1 aromatic heterocycles. The SMILES string of the molecule is [2H]C([2H])([2H])c1ccc2c(c1)c1ccccc1n2C. The van der Waals surface area contributed by atoms with E-state index in [9.17, 15) is 0 Å². The van der Waals surface area contributed by atoms with Crippen molar-refractivity contribution in [1.82, 2.24) is 4.57 Å². The van der Waals surface area contributed by atoms with Gasteiger partial charge in [-0.3, -0.25) is 0 Å². The zero-order valence-electron chi connectivity index (χ0n) is 11.5. The fourth-order valence-electron chi connectivity index (χ4n) is 2.17. The van der Waals surface area contributed by atoms with Crippen molar-refractivity contribution in [1.29, 1.82) is 0 Å². The predicted octanol–water partition coefficient (Wildman–Crippen LogP) is 3.64. The second-order valence-corrected chi connectivity index (χ2v) is 3.81. The van der Waals surface area contributed by atoms with Crippen molar-refractivity contribution < 1.29 is 4.11 Å². The summed E-state index contributed by atoms with van der Waals surface area (Å²) < 4.78 is 24.6. The van der Waals surface area contributed by atoms with E-state index < -0.39 is 6.85 Å². The lowest BCUT2D eigenvalue weighted by Crippen LogP contribution is -1.85. The lowest BCUT2D eigenvalue weighted by Gasteiger charge is -1.97.